The smallest absolute Gasteiger partial charge is 0.279 e. The Balaban J connectivity index is 1.42. The summed E-state index contributed by atoms with van der Waals surface area (Å²) in [6, 6.07) is 10.7. The van der Waals surface area contributed by atoms with E-state index in [1.165, 1.54) is 12.8 Å². The summed E-state index contributed by atoms with van der Waals surface area (Å²) in [6.07, 6.45) is 8.85. The lowest BCUT2D eigenvalue weighted by atomic mass is 9.56. The van der Waals surface area contributed by atoms with Crippen molar-refractivity contribution < 1.29 is 17.3 Å². The van der Waals surface area contributed by atoms with Gasteiger partial charge in [0.25, 0.3) is 15.7 Å². The summed E-state index contributed by atoms with van der Waals surface area (Å²) >= 11 is 6.81. The first kappa shape index (κ1) is 30.3. The molecule has 2 fully saturated rings. The number of halogens is 1. The van der Waals surface area contributed by atoms with Gasteiger partial charge in [-0.2, -0.15) is 8.42 Å². The Morgan fingerprint density at radius 3 is 2.51 bits per heavy atom. The summed E-state index contributed by atoms with van der Waals surface area (Å²) in [5.74, 6) is 0.933. The molecule has 2 aliphatic carbocycles. The summed E-state index contributed by atoms with van der Waals surface area (Å²) in [7, 11) is -3.08. The van der Waals surface area contributed by atoms with Crippen LogP contribution in [0.4, 0.5) is 0 Å². The molecule has 0 aliphatic heterocycles. The van der Waals surface area contributed by atoms with E-state index in [-0.39, 0.29) is 24.3 Å². The van der Waals surface area contributed by atoms with Crippen molar-refractivity contribution in [2.45, 2.75) is 70.1 Å². The first-order valence-corrected chi connectivity index (χ1v) is 20.4. The van der Waals surface area contributed by atoms with Gasteiger partial charge in [-0.3, -0.25) is 13.5 Å². The summed E-state index contributed by atoms with van der Waals surface area (Å²) in [5.41, 5.74) is 2.44. The van der Waals surface area contributed by atoms with Crippen molar-refractivity contribution in [2.24, 2.45) is 12.5 Å². The van der Waals surface area contributed by atoms with Crippen molar-refractivity contribution in [3.8, 4) is 5.69 Å². The Labute approximate surface area is 257 Å². The minimum atomic E-state index is -3.71. The molecule has 3 aromatic heterocycles. The molecule has 4 aromatic rings. The molecule has 0 bridgehead atoms. The van der Waals surface area contributed by atoms with E-state index in [1.807, 2.05) is 23.7 Å². The number of rotatable bonds is 11. The number of pyridine rings is 1. The monoisotopic (exact) mass is 643 g/mol. The third-order valence-corrected chi connectivity index (χ3v) is 11.4. The first-order valence-electron chi connectivity index (χ1n) is 14.5. The highest BCUT2D eigenvalue weighted by Gasteiger charge is 2.63. The Bertz CT molecular complexity index is 1860. The Morgan fingerprint density at radius 2 is 1.88 bits per heavy atom. The van der Waals surface area contributed by atoms with Crippen LogP contribution in [0.1, 0.15) is 42.8 Å². The standard InChI is InChI=1S/C30H38ClN5O5SSi/c1-34-19-32-33-28(34)30(17-29(18-30)9-10-29)21-7-6-8-22(13-21)35-15-25(31)24-14-23(16-41-42(2,38)39)36(26(24)27(35)37)20-40-11-12-43(3,4)5/h6-8,13-15,19H,9-12,16-18,20H2,1-5H3. The van der Waals surface area contributed by atoms with E-state index in [9.17, 15) is 13.2 Å². The van der Waals surface area contributed by atoms with Gasteiger partial charge in [-0.25, -0.2) is 0 Å². The second-order valence-electron chi connectivity index (χ2n) is 13.5. The fourth-order valence-corrected chi connectivity index (χ4v) is 7.78. The molecule has 0 saturated heterocycles. The van der Waals surface area contributed by atoms with Gasteiger partial charge in [0, 0.05) is 44.7 Å². The summed E-state index contributed by atoms with van der Waals surface area (Å²) in [5, 5.41) is 9.56. The molecule has 0 unspecified atom stereocenters. The van der Waals surface area contributed by atoms with Crippen LogP contribution in [-0.2, 0) is 44.8 Å². The molecule has 10 nitrogen and oxygen atoms in total. The van der Waals surface area contributed by atoms with E-state index in [0.29, 0.717) is 39.3 Å². The SMILES string of the molecule is Cn1cnnc1C1(c2cccc(-n3cc(Cl)c4cc(COS(C)(=O)=O)n(COCC[Si](C)(C)C)c4c3=O)c2)CC2(CC2)C1. The quantitative estimate of drug-likeness (QED) is 0.125. The van der Waals surface area contributed by atoms with Crippen LogP contribution in [0.15, 0.2) is 47.7 Å². The summed E-state index contributed by atoms with van der Waals surface area (Å²) in [6.45, 7) is 7.16. The number of aromatic nitrogens is 5. The Morgan fingerprint density at radius 1 is 1.14 bits per heavy atom. The van der Waals surface area contributed by atoms with Crippen LogP contribution < -0.4 is 5.56 Å². The average Bonchev–Trinajstić information content (AvgIpc) is 3.43. The van der Waals surface area contributed by atoms with Gasteiger partial charge in [-0.15, -0.1) is 10.2 Å². The van der Waals surface area contributed by atoms with Crippen molar-refractivity contribution in [2.75, 3.05) is 12.9 Å². The van der Waals surface area contributed by atoms with E-state index < -0.39 is 18.2 Å². The van der Waals surface area contributed by atoms with Gasteiger partial charge in [0.05, 0.1) is 16.7 Å². The maximum Gasteiger partial charge on any atom is 0.279 e. The van der Waals surface area contributed by atoms with Gasteiger partial charge in [0.15, 0.2) is 0 Å². The van der Waals surface area contributed by atoms with Crippen molar-refractivity contribution in [3.63, 3.8) is 0 Å². The minimum absolute atomic E-state index is 0.0728. The fourth-order valence-electron chi connectivity index (χ4n) is 6.45. The van der Waals surface area contributed by atoms with Crippen LogP contribution in [0.25, 0.3) is 16.6 Å². The fraction of sp³-hybridized carbons (Fsp3) is 0.500. The van der Waals surface area contributed by atoms with Crippen molar-refractivity contribution >= 4 is 40.7 Å². The normalized spacial score (nSPS) is 17.4. The topological polar surface area (TPSA) is 110 Å². The van der Waals surface area contributed by atoms with E-state index >= 15 is 0 Å². The van der Waals surface area contributed by atoms with Gasteiger partial charge in [-0.1, -0.05) is 43.4 Å². The molecule has 2 saturated carbocycles. The van der Waals surface area contributed by atoms with Gasteiger partial charge in [0.1, 0.15) is 31.0 Å². The second-order valence-corrected chi connectivity index (χ2v) is 21.2. The predicted octanol–water partition coefficient (Wildman–Crippen LogP) is 5.22. The molecule has 43 heavy (non-hydrogen) atoms. The molecule has 0 N–H and O–H groups in total. The number of fused-ring (bicyclic) bond motifs is 1. The van der Waals surface area contributed by atoms with E-state index in [2.05, 4.69) is 42.0 Å². The largest absolute Gasteiger partial charge is 0.361 e. The zero-order chi connectivity index (χ0) is 30.8. The van der Waals surface area contributed by atoms with Crippen LogP contribution >= 0.6 is 11.6 Å². The van der Waals surface area contributed by atoms with E-state index in [1.54, 1.807) is 27.7 Å². The molecule has 1 spiro atoms. The Kier molecular flexibility index (Phi) is 7.52. The molecule has 6 rings (SSSR count). The molecule has 230 valence electrons. The lowest BCUT2D eigenvalue weighted by molar-refractivity contribution is 0.0861. The first-order chi connectivity index (χ1) is 20.2. The molecule has 0 radical (unpaired) electrons. The molecular formula is C30H38ClN5O5SSi. The van der Waals surface area contributed by atoms with Gasteiger partial charge in [0.2, 0.25) is 0 Å². The lowest BCUT2D eigenvalue weighted by Gasteiger charge is -2.48. The van der Waals surface area contributed by atoms with Crippen LogP contribution in [0.5, 0.6) is 0 Å². The van der Waals surface area contributed by atoms with Crippen LogP contribution in [-0.4, -0.2) is 53.3 Å². The van der Waals surface area contributed by atoms with E-state index in [4.69, 9.17) is 20.5 Å². The van der Waals surface area contributed by atoms with Crippen LogP contribution in [0.2, 0.25) is 30.7 Å². The van der Waals surface area contributed by atoms with Crippen molar-refractivity contribution in [3.05, 3.63) is 75.3 Å². The molecule has 2 aliphatic rings. The lowest BCUT2D eigenvalue weighted by Crippen LogP contribution is -2.45. The van der Waals surface area contributed by atoms with Crippen molar-refractivity contribution in [1.82, 2.24) is 23.9 Å². The van der Waals surface area contributed by atoms with Crippen LogP contribution in [0, 0.1) is 5.41 Å². The van der Waals surface area contributed by atoms with Gasteiger partial charge < -0.3 is 13.9 Å². The van der Waals surface area contributed by atoms with Gasteiger partial charge in [-0.05, 0) is 60.9 Å². The highest BCUT2D eigenvalue weighted by atomic mass is 35.5. The maximum atomic E-state index is 14.2. The highest BCUT2D eigenvalue weighted by Crippen LogP contribution is 2.70. The Hall–Kier alpha value is -2.77. The van der Waals surface area contributed by atoms with Gasteiger partial charge >= 0.3 is 0 Å². The zero-order valence-corrected chi connectivity index (χ0v) is 27.8. The average molecular weight is 644 g/mol. The van der Waals surface area contributed by atoms with Crippen LogP contribution in [0.3, 0.4) is 0 Å². The van der Waals surface area contributed by atoms with Crippen molar-refractivity contribution in [1.29, 1.82) is 0 Å². The number of hydrogen-bond donors (Lipinski definition) is 0. The number of nitrogens with zero attached hydrogens (tertiary/aromatic N) is 5. The molecule has 3 heterocycles. The molecule has 0 atom stereocenters. The highest BCUT2D eigenvalue weighted by molar-refractivity contribution is 7.85. The number of aryl methyl sites for hydroxylation is 1. The third kappa shape index (κ3) is 5.87. The predicted molar refractivity (Wildman–Crippen MR) is 169 cm³/mol. The molecular weight excluding hydrogens is 606 g/mol. The molecule has 13 heteroatoms. The minimum Gasteiger partial charge on any atom is -0.361 e. The number of ether oxygens (including phenoxy) is 1. The third-order valence-electron chi connectivity index (χ3n) is 8.87. The maximum absolute atomic E-state index is 14.2. The molecule has 0 amide bonds. The zero-order valence-electron chi connectivity index (χ0n) is 25.3. The summed E-state index contributed by atoms with van der Waals surface area (Å²) < 4.78 is 40.0. The number of hydrogen-bond acceptors (Lipinski definition) is 7. The van der Waals surface area contributed by atoms with E-state index in [0.717, 1.165) is 36.5 Å². The summed E-state index contributed by atoms with van der Waals surface area (Å²) in [4.78, 5) is 14.2. The number of benzene rings is 1. The molecule has 1 aromatic carbocycles. The second kappa shape index (κ2) is 10.7.